The zero-order valence-corrected chi connectivity index (χ0v) is 9.90. The topological polar surface area (TPSA) is 0 Å². The van der Waals surface area contributed by atoms with Gasteiger partial charge < -0.3 is 0 Å². The Bertz CT molecular complexity index is 180. The minimum absolute atomic E-state index is 1.24. The van der Waals surface area contributed by atoms with E-state index in [9.17, 15) is 0 Å². The van der Waals surface area contributed by atoms with Crippen LogP contribution < -0.4 is 0 Å². The summed E-state index contributed by atoms with van der Waals surface area (Å²) in [6, 6.07) is 10.2. The van der Waals surface area contributed by atoms with Gasteiger partial charge in [-0.2, -0.15) is 0 Å². The van der Waals surface area contributed by atoms with Gasteiger partial charge >= 0.3 is 0 Å². The summed E-state index contributed by atoms with van der Waals surface area (Å²) in [4.78, 5) is 1.24. The van der Waals surface area contributed by atoms with Crippen LogP contribution in [0.4, 0.5) is 0 Å². The highest BCUT2D eigenvalue weighted by Gasteiger charge is 1.82. The summed E-state index contributed by atoms with van der Waals surface area (Å²) in [6.45, 7) is 11.6. The summed E-state index contributed by atoms with van der Waals surface area (Å²) in [5.74, 6) is 0. The van der Waals surface area contributed by atoms with Crippen LogP contribution in [-0.4, -0.2) is 0 Å². The number of rotatable bonds is 2. The predicted octanol–water partition coefficient (Wildman–Crippen LogP) is 4.97. The molecule has 13 heavy (non-hydrogen) atoms. The first-order chi connectivity index (χ1) is 6.43. The fourth-order valence-corrected chi connectivity index (χ4v) is 1.10. The summed E-state index contributed by atoms with van der Waals surface area (Å²) in [6.07, 6.45) is 0. The first-order valence-corrected chi connectivity index (χ1v) is 5.64. The zero-order valence-electron chi connectivity index (χ0n) is 9.08. The molecule has 0 fully saturated rings. The van der Waals surface area contributed by atoms with Gasteiger partial charge in [-0.3, -0.25) is 0 Å². The quantitative estimate of drug-likeness (QED) is 0.601. The second-order valence-electron chi connectivity index (χ2n) is 1.60. The van der Waals surface area contributed by atoms with E-state index in [1.165, 1.54) is 4.90 Å². The highest BCUT2D eigenvalue weighted by molar-refractivity contribution is 8.02. The molecular formula is C12H20S. The van der Waals surface area contributed by atoms with Gasteiger partial charge in [0.25, 0.3) is 0 Å². The van der Waals surface area contributed by atoms with E-state index in [-0.39, 0.29) is 0 Å². The second kappa shape index (κ2) is 13.9. The van der Waals surface area contributed by atoms with Gasteiger partial charge in [0.05, 0.1) is 0 Å². The van der Waals surface area contributed by atoms with Crippen molar-refractivity contribution in [3.63, 3.8) is 0 Å². The van der Waals surface area contributed by atoms with Crippen molar-refractivity contribution in [2.24, 2.45) is 0 Å². The first-order valence-electron chi connectivity index (χ1n) is 4.76. The van der Waals surface area contributed by atoms with Crippen LogP contribution in [0.5, 0.6) is 0 Å². The Morgan fingerprint density at radius 1 is 1.00 bits per heavy atom. The third-order valence-electron chi connectivity index (χ3n) is 0.963. The number of hydrogen-bond acceptors (Lipinski definition) is 1. The van der Waals surface area contributed by atoms with Crippen LogP contribution >= 0.6 is 11.8 Å². The largest absolute Gasteiger partial charge is 0.0987 e. The molecule has 0 saturated carbocycles. The van der Waals surface area contributed by atoms with Gasteiger partial charge in [0.15, 0.2) is 0 Å². The monoisotopic (exact) mass is 196 g/mol. The normalized spacial score (nSPS) is 7.08. The summed E-state index contributed by atoms with van der Waals surface area (Å²) in [5, 5.41) is 1.83. The molecule has 0 aromatic heterocycles. The lowest BCUT2D eigenvalue weighted by Crippen LogP contribution is -1.62. The molecule has 1 aromatic rings. The minimum atomic E-state index is 1.24. The first kappa shape index (κ1) is 14.8. The molecule has 0 N–H and O–H groups in total. The Labute approximate surface area is 87.1 Å². The molecule has 0 amide bonds. The maximum Gasteiger partial charge on any atom is 0.0116 e. The van der Waals surface area contributed by atoms with Crippen molar-refractivity contribution in [2.45, 2.75) is 32.6 Å². The number of benzene rings is 1. The molecule has 0 atom stereocenters. The molecule has 1 heteroatoms. The average molecular weight is 196 g/mol. The lowest BCUT2D eigenvalue weighted by atomic mass is 10.4. The average Bonchev–Trinajstić information content (AvgIpc) is 2.26. The lowest BCUT2D eigenvalue weighted by molar-refractivity contribution is 1.47. The van der Waals surface area contributed by atoms with E-state index in [1.54, 1.807) is 11.8 Å². The molecule has 0 aliphatic carbocycles. The van der Waals surface area contributed by atoms with Crippen molar-refractivity contribution in [1.29, 1.82) is 0 Å². The predicted molar refractivity (Wildman–Crippen MR) is 65.2 cm³/mol. The minimum Gasteiger partial charge on any atom is -0.0987 e. The van der Waals surface area contributed by atoms with E-state index in [1.807, 2.05) is 51.3 Å². The van der Waals surface area contributed by atoms with E-state index in [0.717, 1.165) is 0 Å². The van der Waals surface area contributed by atoms with Crippen molar-refractivity contribution in [2.75, 3.05) is 0 Å². The molecule has 0 bridgehead atoms. The zero-order chi connectivity index (χ0) is 10.5. The molecule has 0 unspecified atom stereocenters. The molecule has 1 aromatic carbocycles. The van der Waals surface area contributed by atoms with E-state index < -0.39 is 0 Å². The van der Waals surface area contributed by atoms with Crippen molar-refractivity contribution in [3.8, 4) is 0 Å². The van der Waals surface area contributed by atoms with E-state index >= 15 is 0 Å². The third kappa shape index (κ3) is 9.22. The van der Waals surface area contributed by atoms with Crippen LogP contribution in [0.25, 0.3) is 0 Å². The molecule has 0 nitrogen and oxygen atoms in total. The highest BCUT2D eigenvalue weighted by Crippen LogP contribution is 2.16. The van der Waals surface area contributed by atoms with Crippen LogP contribution in [0, 0.1) is 0 Å². The van der Waals surface area contributed by atoms with Gasteiger partial charge in [-0.15, -0.1) is 0 Å². The van der Waals surface area contributed by atoms with Gasteiger partial charge in [-0.25, -0.2) is 0 Å². The number of hydrogen-bond donors (Lipinski definition) is 0. The summed E-state index contributed by atoms with van der Waals surface area (Å²) in [5.41, 5.74) is 0. The summed E-state index contributed by atoms with van der Waals surface area (Å²) in [7, 11) is 0. The third-order valence-corrected chi connectivity index (χ3v) is 1.67. The molecule has 0 spiro atoms. The molecule has 0 radical (unpaired) electrons. The molecule has 0 saturated heterocycles. The Balaban J connectivity index is 0. The van der Waals surface area contributed by atoms with Crippen LogP contribution in [0.15, 0.2) is 47.2 Å². The maximum absolute atomic E-state index is 3.62. The Kier molecular flexibility index (Phi) is 15.8. The van der Waals surface area contributed by atoms with Gasteiger partial charge in [-0.1, -0.05) is 64.2 Å². The number of thioether (sulfide) groups is 1. The van der Waals surface area contributed by atoms with Gasteiger partial charge in [0.2, 0.25) is 0 Å². The fourth-order valence-electron chi connectivity index (χ4n) is 0.595. The van der Waals surface area contributed by atoms with Crippen LogP contribution in [-0.2, 0) is 0 Å². The van der Waals surface area contributed by atoms with Crippen LogP contribution in [0.1, 0.15) is 27.7 Å². The van der Waals surface area contributed by atoms with Crippen LogP contribution in [0.3, 0.4) is 0 Å². The van der Waals surface area contributed by atoms with E-state index in [2.05, 4.69) is 18.7 Å². The van der Waals surface area contributed by atoms with Crippen molar-refractivity contribution in [3.05, 3.63) is 42.3 Å². The summed E-state index contributed by atoms with van der Waals surface area (Å²) >= 11 is 1.64. The second-order valence-corrected chi connectivity index (χ2v) is 2.64. The molecule has 74 valence electrons. The molecule has 0 heterocycles. The maximum atomic E-state index is 3.62. The van der Waals surface area contributed by atoms with E-state index in [0.29, 0.717) is 0 Å². The molecule has 0 aliphatic rings. The van der Waals surface area contributed by atoms with Crippen molar-refractivity contribution < 1.29 is 0 Å². The Morgan fingerprint density at radius 2 is 1.46 bits per heavy atom. The molecule has 1 rings (SSSR count). The highest BCUT2D eigenvalue weighted by atomic mass is 32.2. The van der Waals surface area contributed by atoms with E-state index in [4.69, 9.17) is 0 Å². The van der Waals surface area contributed by atoms with Gasteiger partial charge in [0.1, 0.15) is 0 Å². The van der Waals surface area contributed by atoms with Crippen molar-refractivity contribution >= 4 is 11.8 Å². The lowest BCUT2D eigenvalue weighted by Gasteiger charge is -1.90. The molecular weight excluding hydrogens is 176 g/mol. The van der Waals surface area contributed by atoms with Crippen LogP contribution in [0.2, 0.25) is 0 Å². The Morgan fingerprint density at radius 3 is 1.85 bits per heavy atom. The smallest absolute Gasteiger partial charge is 0.0116 e. The standard InChI is InChI=1S/C8H8S.2C2H6/c1-2-9-8-6-4-3-5-7-8;2*1-2/h2-7H,1H2;2*1-2H3. The SMILES string of the molecule is C=CSc1ccccc1.CC.CC. The van der Waals surface area contributed by atoms with Gasteiger partial charge in [0, 0.05) is 4.90 Å². The van der Waals surface area contributed by atoms with Crippen molar-refractivity contribution in [1.82, 2.24) is 0 Å². The molecule has 0 aliphatic heterocycles. The summed E-state index contributed by atoms with van der Waals surface area (Å²) < 4.78 is 0. The Hall–Kier alpha value is -0.690. The fraction of sp³-hybridized carbons (Fsp3) is 0.333. The van der Waals surface area contributed by atoms with Gasteiger partial charge in [-0.05, 0) is 17.5 Å².